The van der Waals surface area contributed by atoms with E-state index in [1.54, 1.807) is 16.0 Å². The number of hydrogen-bond acceptors (Lipinski definition) is 3. The van der Waals surface area contributed by atoms with Gasteiger partial charge in [0, 0.05) is 22.1 Å². The molecule has 4 heteroatoms. The lowest BCUT2D eigenvalue weighted by atomic mass is 10.5. The molecule has 0 fully saturated rings. The van der Waals surface area contributed by atoms with E-state index in [2.05, 4.69) is 5.10 Å². The molecule has 2 heterocycles. The Morgan fingerprint density at radius 1 is 1.21 bits per heavy atom. The normalized spacial score (nSPS) is 11.6. The molecular formula is C10H8N2S2. The molecule has 0 spiro atoms. The van der Waals surface area contributed by atoms with Crippen molar-refractivity contribution in [1.29, 1.82) is 0 Å². The molecule has 0 aliphatic rings. The second kappa shape index (κ2) is 4.30. The predicted molar refractivity (Wildman–Crippen MR) is 60.3 cm³/mol. The lowest BCUT2D eigenvalue weighted by molar-refractivity contribution is -0.678. The van der Waals surface area contributed by atoms with Gasteiger partial charge in [-0.15, -0.1) is 11.3 Å². The molecule has 0 unspecified atom stereocenters. The third-order valence-electron chi connectivity index (χ3n) is 1.64. The van der Waals surface area contributed by atoms with Crippen molar-refractivity contribution in [2.24, 2.45) is 5.10 Å². The summed E-state index contributed by atoms with van der Waals surface area (Å²) in [6.07, 6.45) is 3.72. The lowest BCUT2D eigenvalue weighted by Crippen LogP contribution is -2.27. The lowest BCUT2D eigenvalue weighted by Gasteiger charge is -2.02. The fourth-order valence-electron chi connectivity index (χ4n) is 1.01. The molecule has 0 bridgehead atoms. The van der Waals surface area contributed by atoms with Crippen molar-refractivity contribution >= 4 is 29.0 Å². The van der Waals surface area contributed by atoms with Crippen molar-refractivity contribution in [2.45, 2.75) is 0 Å². The van der Waals surface area contributed by atoms with Crippen molar-refractivity contribution in [1.82, 2.24) is 0 Å². The smallest absolute Gasteiger partial charge is 0.202 e. The molecule has 14 heavy (non-hydrogen) atoms. The van der Waals surface area contributed by atoms with E-state index in [9.17, 15) is 0 Å². The van der Waals surface area contributed by atoms with E-state index in [0.717, 1.165) is 4.88 Å². The van der Waals surface area contributed by atoms with Gasteiger partial charge in [0.2, 0.25) is 12.4 Å². The number of hydrogen-bond donors (Lipinski definition) is 0. The van der Waals surface area contributed by atoms with Gasteiger partial charge in [0.25, 0.3) is 0 Å². The molecule has 2 rings (SSSR count). The van der Waals surface area contributed by atoms with Crippen LogP contribution in [0.15, 0.2) is 53.2 Å². The van der Waals surface area contributed by atoms with Crippen LogP contribution in [0, 0.1) is 0 Å². The highest BCUT2D eigenvalue weighted by Gasteiger charge is 1.95. The molecule has 0 aliphatic carbocycles. The van der Waals surface area contributed by atoms with Gasteiger partial charge in [-0.05, 0) is 16.5 Å². The molecule has 0 amide bonds. The first-order valence-electron chi connectivity index (χ1n) is 4.12. The fourth-order valence-corrected chi connectivity index (χ4v) is 1.92. The Balaban J connectivity index is 2.28. The summed E-state index contributed by atoms with van der Waals surface area (Å²) in [4.78, 5) is 1.02. The van der Waals surface area contributed by atoms with Crippen molar-refractivity contribution in [3.05, 3.63) is 53.0 Å². The Morgan fingerprint density at radius 3 is 2.64 bits per heavy atom. The first-order chi connectivity index (χ1) is 6.86. The zero-order chi connectivity index (χ0) is 9.80. The Bertz CT molecular complexity index is 421. The summed E-state index contributed by atoms with van der Waals surface area (Å²) in [6.45, 7) is 0. The predicted octanol–water partition coefficient (Wildman–Crippen LogP) is 1.79. The SMILES string of the molecule is [S-]/C(=N/[n+]1ccccc1)c1cccs1. The molecule has 0 aromatic carbocycles. The van der Waals surface area contributed by atoms with Crippen LogP contribution in [-0.4, -0.2) is 5.04 Å². The van der Waals surface area contributed by atoms with E-state index >= 15 is 0 Å². The third kappa shape index (κ3) is 2.16. The van der Waals surface area contributed by atoms with E-state index in [0.29, 0.717) is 5.04 Å². The highest BCUT2D eigenvalue weighted by atomic mass is 32.1. The van der Waals surface area contributed by atoms with Crippen LogP contribution in [0.5, 0.6) is 0 Å². The van der Waals surface area contributed by atoms with Crippen LogP contribution < -0.4 is 4.68 Å². The van der Waals surface area contributed by atoms with Crippen LogP contribution in [0.25, 0.3) is 0 Å². The highest BCUT2D eigenvalue weighted by molar-refractivity contribution is 7.78. The van der Waals surface area contributed by atoms with Crippen LogP contribution in [0.1, 0.15) is 4.88 Å². The topological polar surface area (TPSA) is 16.2 Å². The minimum Gasteiger partial charge on any atom is -0.753 e. The van der Waals surface area contributed by atoms with E-state index in [-0.39, 0.29) is 0 Å². The van der Waals surface area contributed by atoms with Crippen molar-refractivity contribution in [3.8, 4) is 0 Å². The van der Waals surface area contributed by atoms with Gasteiger partial charge in [-0.1, -0.05) is 16.8 Å². The number of nitrogens with zero attached hydrogens (tertiary/aromatic N) is 2. The fraction of sp³-hybridized carbons (Fsp3) is 0. The maximum Gasteiger partial charge on any atom is 0.202 e. The van der Waals surface area contributed by atoms with E-state index in [1.165, 1.54) is 0 Å². The number of rotatable bonds is 2. The van der Waals surface area contributed by atoms with Crippen molar-refractivity contribution < 1.29 is 4.68 Å². The number of aromatic nitrogens is 1. The van der Waals surface area contributed by atoms with Gasteiger partial charge in [0.1, 0.15) is 0 Å². The summed E-state index contributed by atoms with van der Waals surface area (Å²) in [5, 5.41) is 6.87. The monoisotopic (exact) mass is 220 g/mol. The minimum absolute atomic E-state index is 0.621. The summed E-state index contributed by atoms with van der Waals surface area (Å²) >= 11 is 6.78. The summed E-state index contributed by atoms with van der Waals surface area (Å²) < 4.78 is 1.71. The molecule has 0 atom stereocenters. The summed E-state index contributed by atoms with van der Waals surface area (Å²) in [5.41, 5.74) is 0. The van der Waals surface area contributed by atoms with Crippen LogP contribution in [0.4, 0.5) is 0 Å². The third-order valence-corrected chi connectivity index (χ3v) is 2.95. The van der Waals surface area contributed by atoms with Crippen LogP contribution in [-0.2, 0) is 12.6 Å². The average Bonchev–Trinajstić information content (AvgIpc) is 2.72. The molecular weight excluding hydrogens is 212 g/mol. The largest absolute Gasteiger partial charge is 0.753 e. The quantitative estimate of drug-likeness (QED) is 0.326. The van der Waals surface area contributed by atoms with Crippen molar-refractivity contribution in [3.63, 3.8) is 0 Å². The second-order valence-electron chi connectivity index (χ2n) is 2.64. The summed E-state index contributed by atoms with van der Waals surface area (Å²) in [5.74, 6) is 0. The summed E-state index contributed by atoms with van der Waals surface area (Å²) in [7, 11) is 0. The Kier molecular flexibility index (Phi) is 2.86. The molecule has 0 aliphatic heterocycles. The molecule has 0 saturated heterocycles. The maximum atomic E-state index is 5.18. The van der Waals surface area contributed by atoms with Crippen LogP contribution in [0.3, 0.4) is 0 Å². The highest BCUT2D eigenvalue weighted by Crippen LogP contribution is 2.08. The molecule has 0 radical (unpaired) electrons. The number of pyridine rings is 1. The molecule has 2 aromatic heterocycles. The Hall–Kier alpha value is -1.26. The Labute approximate surface area is 91.9 Å². The van der Waals surface area contributed by atoms with E-state index < -0.39 is 0 Å². The van der Waals surface area contributed by atoms with E-state index in [4.69, 9.17) is 12.6 Å². The van der Waals surface area contributed by atoms with Gasteiger partial charge < -0.3 is 12.6 Å². The minimum atomic E-state index is 0.621. The van der Waals surface area contributed by atoms with Gasteiger partial charge in [-0.2, -0.15) is 0 Å². The van der Waals surface area contributed by atoms with Gasteiger partial charge >= 0.3 is 0 Å². The first kappa shape index (κ1) is 9.30. The molecule has 0 N–H and O–H groups in total. The Morgan fingerprint density at radius 2 is 2.00 bits per heavy atom. The first-order valence-corrected chi connectivity index (χ1v) is 5.41. The molecule has 2 nitrogen and oxygen atoms in total. The zero-order valence-electron chi connectivity index (χ0n) is 7.33. The van der Waals surface area contributed by atoms with Gasteiger partial charge in [-0.3, -0.25) is 0 Å². The maximum absolute atomic E-state index is 5.18. The van der Waals surface area contributed by atoms with Crippen LogP contribution in [0.2, 0.25) is 0 Å². The molecule has 0 saturated carbocycles. The van der Waals surface area contributed by atoms with Crippen molar-refractivity contribution in [2.75, 3.05) is 0 Å². The van der Waals surface area contributed by atoms with E-state index in [1.807, 2.05) is 48.1 Å². The van der Waals surface area contributed by atoms with Crippen LogP contribution >= 0.6 is 11.3 Å². The second-order valence-corrected chi connectivity index (χ2v) is 3.97. The molecule has 2 aromatic rings. The van der Waals surface area contributed by atoms with Gasteiger partial charge in [0.15, 0.2) is 0 Å². The average molecular weight is 220 g/mol. The molecule has 70 valence electrons. The van der Waals surface area contributed by atoms with Gasteiger partial charge in [0.05, 0.1) is 0 Å². The zero-order valence-corrected chi connectivity index (χ0v) is 8.96. The van der Waals surface area contributed by atoms with Gasteiger partial charge in [-0.25, -0.2) is 0 Å². The standard InChI is InChI=1S/C10H8N2S2/c13-10(9-5-4-8-14-9)11-12-6-2-1-3-7-12/h1-8H. The summed E-state index contributed by atoms with van der Waals surface area (Å²) in [6, 6.07) is 9.72. The number of thiophene rings is 1.